The van der Waals surface area contributed by atoms with Gasteiger partial charge < -0.3 is 10.2 Å². The summed E-state index contributed by atoms with van der Waals surface area (Å²) in [6, 6.07) is 2.83. The Hall–Kier alpha value is -1.84. The Morgan fingerprint density at radius 2 is 1.25 bits per heavy atom. The fourth-order valence-corrected chi connectivity index (χ4v) is 1.07. The summed E-state index contributed by atoms with van der Waals surface area (Å²) in [6.45, 7) is 0. The maximum atomic E-state index is 9.32. The molecule has 0 saturated heterocycles. The van der Waals surface area contributed by atoms with Gasteiger partial charge in [-0.05, 0) is 12.1 Å². The lowest BCUT2D eigenvalue weighted by Gasteiger charge is -2.00. The summed E-state index contributed by atoms with van der Waals surface area (Å²) >= 11 is 0. The Balaban J connectivity index is 2.95. The normalized spacial score (nSPS) is 10.3. The van der Waals surface area contributed by atoms with E-state index in [1.165, 1.54) is 24.5 Å². The van der Waals surface area contributed by atoms with Crippen molar-refractivity contribution < 1.29 is 10.2 Å². The number of hydrogen-bond acceptors (Lipinski definition) is 4. The molecule has 0 fully saturated rings. The molecule has 0 radical (unpaired) electrons. The van der Waals surface area contributed by atoms with Crippen molar-refractivity contribution in [1.29, 1.82) is 0 Å². The number of fused-ring (bicyclic) bond motifs is 1. The average Bonchev–Trinajstić information content (AvgIpc) is 2.12. The number of aromatic nitrogens is 2. The van der Waals surface area contributed by atoms with Crippen LogP contribution in [0.15, 0.2) is 24.5 Å². The van der Waals surface area contributed by atoms with Gasteiger partial charge in [-0.3, -0.25) is 0 Å². The monoisotopic (exact) mass is 162 g/mol. The highest BCUT2D eigenvalue weighted by molar-refractivity contribution is 5.91. The first-order chi connectivity index (χ1) is 5.79. The van der Waals surface area contributed by atoms with Crippen molar-refractivity contribution in [2.24, 2.45) is 0 Å². The van der Waals surface area contributed by atoms with Crippen LogP contribution >= 0.6 is 0 Å². The number of benzene rings is 1. The van der Waals surface area contributed by atoms with E-state index in [9.17, 15) is 10.2 Å². The van der Waals surface area contributed by atoms with Crippen LogP contribution in [0.5, 0.6) is 11.5 Å². The molecule has 1 heterocycles. The minimum absolute atomic E-state index is 0.0951. The van der Waals surface area contributed by atoms with Gasteiger partial charge in [0.2, 0.25) is 0 Å². The van der Waals surface area contributed by atoms with Crippen molar-refractivity contribution in [1.82, 2.24) is 10.2 Å². The van der Waals surface area contributed by atoms with E-state index < -0.39 is 0 Å². The third-order valence-corrected chi connectivity index (χ3v) is 1.68. The molecule has 1 aromatic carbocycles. The van der Waals surface area contributed by atoms with Crippen LogP contribution in [-0.2, 0) is 0 Å². The van der Waals surface area contributed by atoms with Gasteiger partial charge in [-0.15, -0.1) is 0 Å². The number of hydrogen-bond donors (Lipinski definition) is 2. The van der Waals surface area contributed by atoms with E-state index in [0.717, 1.165) is 0 Å². The molecule has 4 nitrogen and oxygen atoms in total. The molecule has 0 atom stereocenters. The maximum absolute atomic E-state index is 9.32. The summed E-state index contributed by atoms with van der Waals surface area (Å²) in [5, 5.41) is 26.8. The van der Waals surface area contributed by atoms with Gasteiger partial charge >= 0.3 is 0 Å². The molecule has 2 rings (SSSR count). The minimum Gasteiger partial charge on any atom is -0.507 e. The quantitative estimate of drug-likeness (QED) is 0.568. The molecule has 0 aliphatic heterocycles. The van der Waals surface area contributed by atoms with Gasteiger partial charge in [0.1, 0.15) is 11.5 Å². The molecule has 0 saturated carbocycles. The Morgan fingerprint density at radius 1 is 0.833 bits per heavy atom. The molecule has 0 amide bonds. The zero-order chi connectivity index (χ0) is 8.55. The molecule has 0 aliphatic carbocycles. The second kappa shape index (κ2) is 2.34. The molecular formula is C8H6N2O2. The van der Waals surface area contributed by atoms with Crippen LogP contribution in [0.25, 0.3) is 10.8 Å². The molecule has 0 aliphatic rings. The van der Waals surface area contributed by atoms with Crippen LogP contribution in [0.1, 0.15) is 0 Å². The predicted molar refractivity (Wildman–Crippen MR) is 42.9 cm³/mol. The predicted octanol–water partition coefficient (Wildman–Crippen LogP) is 1.04. The van der Waals surface area contributed by atoms with Crippen LogP contribution in [0.3, 0.4) is 0 Å². The molecule has 2 N–H and O–H groups in total. The Bertz CT molecular complexity index is 388. The van der Waals surface area contributed by atoms with Crippen LogP contribution in [-0.4, -0.2) is 20.4 Å². The van der Waals surface area contributed by atoms with Gasteiger partial charge in [0, 0.05) is 10.8 Å². The van der Waals surface area contributed by atoms with E-state index >= 15 is 0 Å². The first kappa shape index (κ1) is 6.84. The lowest BCUT2D eigenvalue weighted by Crippen LogP contribution is -1.81. The zero-order valence-electron chi connectivity index (χ0n) is 6.10. The number of rotatable bonds is 0. The van der Waals surface area contributed by atoms with E-state index in [0.29, 0.717) is 10.8 Å². The summed E-state index contributed by atoms with van der Waals surface area (Å²) in [7, 11) is 0. The van der Waals surface area contributed by atoms with Crippen molar-refractivity contribution in [3.63, 3.8) is 0 Å². The van der Waals surface area contributed by atoms with Crippen molar-refractivity contribution in [3.8, 4) is 11.5 Å². The maximum Gasteiger partial charge on any atom is 0.125 e. The number of phenols is 2. The first-order valence-electron chi connectivity index (χ1n) is 3.40. The number of aromatic hydroxyl groups is 2. The second-order valence-corrected chi connectivity index (χ2v) is 2.42. The smallest absolute Gasteiger partial charge is 0.125 e. The lowest BCUT2D eigenvalue weighted by atomic mass is 10.2. The SMILES string of the molecule is Oc1ccc(O)c2cnncc12. The molecule has 1 aromatic heterocycles. The average molecular weight is 162 g/mol. The highest BCUT2D eigenvalue weighted by Crippen LogP contribution is 2.29. The molecule has 60 valence electrons. The van der Waals surface area contributed by atoms with Crippen molar-refractivity contribution >= 4 is 10.8 Å². The van der Waals surface area contributed by atoms with Gasteiger partial charge in [0.15, 0.2) is 0 Å². The Labute approximate surface area is 68.1 Å². The third kappa shape index (κ3) is 0.852. The second-order valence-electron chi connectivity index (χ2n) is 2.42. The van der Waals surface area contributed by atoms with Crippen molar-refractivity contribution in [3.05, 3.63) is 24.5 Å². The lowest BCUT2D eigenvalue weighted by molar-refractivity contribution is 0.469. The molecule has 12 heavy (non-hydrogen) atoms. The van der Waals surface area contributed by atoms with E-state index in [1.807, 2.05) is 0 Å². The molecule has 2 aromatic rings. The zero-order valence-corrected chi connectivity index (χ0v) is 6.10. The highest BCUT2D eigenvalue weighted by Gasteiger charge is 2.03. The van der Waals surface area contributed by atoms with Gasteiger partial charge in [0.25, 0.3) is 0 Å². The van der Waals surface area contributed by atoms with Gasteiger partial charge in [-0.1, -0.05) is 0 Å². The fraction of sp³-hybridized carbons (Fsp3) is 0. The highest BCUT2D eigenvalue weighted by atomic mass is 16.3. The molecule has 0 unspecified atom stereocenters. The Morgan fingerprint density at radius 3 is 1.67 bits per heavy atom. The molecule has 0 spiro atoms. The summed E-state index contributed by atoms with van der Waals surface area (Å²) in [4.78, 5) is 0. The van der Waals surface area contributed by atoms with Crippen molar-refractivity contribution in [2.75, 3.05) is 0 Å². The largest absolute Gasteiger partial charge is 0.507 e. The third-order valence-electron chi connectivity index (χ3n) is 1.68. The van der Waals surface area contributed by atoms with Crippen molar-refractivity contribution in [2.45, 2.75) is 0 Å². The van der Waals surface area contributed by atoms with Crippen LogP contribution in [0.4, 0.5) is 0 Å². The van der Waals surface area contributed by atoms with Gasteiger partial charge in [-0.25, -0.2) is 0 Å². The molecular weight excluding hydrogens is 156 g/mol. The minimum atomic E-state index is 0.0951. The van der Waals surface area contributed by atoms with Crippen LogP contribution in [0, 0.1) is 0 Å². The van der Waals surface area contributed by atoms with Crippen LogP contribution in [0.2, 0.25) is 0 Å². The van der Waals surface area contributed by atoms with E-state index in [1.54, 1.807) is 0 Å². The standard InChI is InChI=1S/C8H6N2O2/c11-7-1-2-8(12)6-4-10-9-3-5(6)7/h1-4,11-12H. The van der Waals surface area contributed by atoms with Gasteiger partial charge in [0.05, 0.1) is 12.4 Å². The fourth-order valence-electron chi connectivity index (χ4n) is 1.07. The van der Waals surface area contributed by atoms with E-state index in [-0.39, 0.29) is 11.5 Å². The van der Waals surface area contributed by atoms with Crippen LogP contribution < -0.4 is 0 Å². The summed E-state index contributed by atoms with van der Waals surface area (Å²) in [5.41, 5.74) is 0. The molecule has 4 heteroatoms. The van der Waals surface area contributed by atoms with Gasteiger partial charge in [-0.2, -0.15) is 10.2 Å². The summed E-state index contributed by atoms with van der Waals surface area (Å²) in [5.74, 6) is 0.190. The number of phenolic OH excluding ortho intramolecular Hbond substituents is 2. The molecule has 0 bridgehead atoms. The van der Waals surface area contributed by atoms with E-state index in [4.69, 9.17) is 0 Å². The topological polar surface area (TPSA) is 66.2 Å². The number of nitrogens with zero attached hydrogens (tertiary/aromatic N) is 2. The summed E-state index contributed by atoms with van der Waals surface area (Å²) in [6.07, 6.45) is 2.81. The van der Waals surface area contributed by atoms with E-state index in [2.05, 4.69) is 10.2 Å². The first-order valence-corrected chi connectivity index (χ1v) is 3.40. The Kier molecular flexibility index (Phi) is 1.33. The summed E-state index contributed by atoms with van der Waals surface area (Å²) < 4.78 is 0.